The van der Waals surface area contributed by atoms with Gasteiger partial charge in [0.25, 0.3) is 5.69 Å². The second kappa shape index (κ2) is 6.02. The van der Waals surface area contributed by atoms with Crippen LogP contribution in [0.15, 0.2) is 12.1 Å². The summed E-state index contributed by atoms with van der Waals surface area (Å²) in [6, 6.07) is 3.46. The summed E-state index contributed by atoms with van der Waals surface area (Å²) < 4.78 is 0. The Hall–Kier alpha value is -1.62. The zero-order valence-electron chi connectivity index (χ0n) is 12.3. The third-order valence-electron chi connectivity index (χ3n) is 2.90. The second-order valence-corrected chi connectivity index (χ2v) is 5.81. The molecule has 0 saturated carbocycles. The number of aryl methyl sites for hydroxylation is 2. The molecule has 106 valence electrons. The van der Waals surface area contributed by atoms with Crippen molar-refractivity contribution in [3.8, 4) is 0 Å². The van der Waals surface area contributed by atoms with Crippen LogP contribution < -0.4 is 10.6 Å². The van der Waals surface area contributed by atoms with Crippen LogP contribution in [-0.4, -0.2) is 23.6 Å². The summed E-state index contributed by atoms with van der Waals surface area (Å²) in [4.78, 5) is 10.7. The van der Waals surface area contributed by atoms with Gasteiger partial charge in [-0.25, -0.2) is 0 Å². The van der Waals surface area contributed by atoms with Gasteiger partial charge in [-0.2, -0.15) is 0 Å². The number of benzene rings is 1. The van der Waals surface area contributed by atoms with Gasteiger partial charge < -0.3 is 10.6 Å². The number of rotatable bonds is 5. The molecular formula is C14H23N3O2. The fourth-order valence-electron chi connectivity index (χ4n) is 1.73. The minimum absolute atomic E-state index is 0.0524. The Morgan fingerprint density at radius 2 is 1.74 bits per heavy atom. The molecule has 0 fully saturated rings. The molecule has 0 heterocycles. The van der Waals surface area contributed by atoms with E-state index < -0.39 is 0 Å². The molecule has 0 radical (unpaired) electrons. The van der Waals surface area contributed by atoms with E-state index in [1.54, 1.807) is 6.07 Å². The maximum absolute atomic E-state index is 11.0. The number of hydrogen-bond donors (Lipinski definition) is 2. The molecule has 0 unspecified atom stereocenters. The summed E-state index contributed by atoms with van der Waals surface area (Å²) in [6.07, 6.45) is 0. The first-order valence-electron chi connectivity index (χ1n) is 6.45. The number of nitro benzene ring substituents is 1. The first kappa shape index (κ1) is 15.4. The molecule has 0 aliphatic heterocycles. The normalized spacial score (nSPS) is 11.4. The number of nitrogens with zero attached hydrogens (tertiary/aromatic N) is 1. The topological polar surface area (TPSA) is 67.2 Å². The van der Waals surface area contributed by atoms with E-state index in [1.165, 1.54) is 0 Å². The summed E-state index contributed by atoms with van der Waals surface area (Å²) in [5.41, 5.74) is 2.76. The van der Waals surface area contributed by atoms with Crippen LogP contribution in [0.3, 0.4) is 0 Å². The number of nitrogens with one attached hydrogen (secondary N) is 2. The van der Waals surface area contributed by atoms with Gasteiger partial charge in [0.05, 0.1) is 4.92 Å². The molecular weight excluding hydrogens is 242 g/mol. The molecule has 1 aromatic rings. The summed E-state index contributed by atoms with van der Waals surface area (Å²) in [5.74, 6) is 0. The highest BCUT2D eigenvalue weighted by Gasteiger charge is 2.15. The van der Waals surface area contributed by atoms with Crippen LogP contribution in [0.5, 0.6) is 0 Å². The highest BCUT2D eigenvalue weighted by atomic mass is 16.6. The van der Waals surface area contributed by atoms with Gasteiger partial charge in [-0.05, 0) is 51.8 Å². The van der Waals surface area contributed by atoms with E-state index in [0.29, 0.717) is 12.2 Å². The van der Waals surface area contributed by atoms with Gasteiger partial charge in [0, 0.05) is 24.7 Å². The Morgan fingerprint density at radius 3 is 2.26 bits per heavy atom. The van der Waals surface area contributed by atoms with Crippen molar-refractivity contribution in [1.82, 2.24) is 5.32 Å². The molecule has 0 aliphatic rings. The van der Waals surface area contributed by atoms with Crippen LogP contribution in [0, 0.1) is 24.0 Å². The van der Waals surface area contributed by atoms with E-state index in [4.69, 9.17) is 0 Å². The predicted molar refractivity (Wildman–Crippen MR) is 78.8 cm³/mol. The SMILES string of the molecule is Cc1cc(NCCNC(C)(C)C)c([N+](=O)[O-])cc1C. The van der Waals surface area contributed by atoms with E-state index in [2.05, 4.69) is 31.4 Å². The first-order chi connectivity index (χ1) is 8.70. The molecule has 1 aromatic carbocycles. The fraction of sp³-hybridized carbons (Fsp3) is 0.571. The van der Waals surface area contributed by atoms with Crippen LogP contribution in [0.4, 0.5) is 11.4 Å². The average molecular weight is 265 g/mol. The van der Waals surface area contributed by atoms with Crippen molar-refractivity contribution < 1.29 is 4.92 Å². The first-order valence-corrected chi connectivity index (χ1v) is 6.45. The maximum atomic E-state index is 11.0. The predicted octanol–water partition coefficient (Wildman–Crippen LogP) is 3.01. The lowest BCUT2D eigenvalue weighted by atomic mass is 10.1. The van der Waals surface area contributed by atoms with Crippen LogP contribution >= 0.6 is 0 Å². The van der Waals surface area contributed by atoms with Gasteiger partial charge in [-0.1, -0.05) is 0 Å². The lowest BCUT2D eigenvalue weighted by Crippen LogP contribution is -2.38. The number of nitro groups is 1. The van der Waals surface area contributed by atoms with Gasteiger partial charge in [0.1, 0.15) is 5.69 Å². The molecule has 0 bridgehead atoms. The van der Waals surface area contributed by atoms with Crippen molar-refractivity contribution in [2.24, 2.45) is 0 Å². The molecule has 2 N–H and O–H groups in total. The average Bonchev–Trinajstić information content (AvgIpc) is 2.27. The van der Waals surface area contributed by atoms with E-state index in [-0.39, 0.29) is 16.1 Å². The second-order valence-electron chi connectivity index (χ2n) is 5.81. The molecule has 0 aromatic heterocycles. The third-order valence-corrected chi connectivity index (χ3v) is 2.90. The van der Waals surface area contributed by atoms with Crippen molar-refractivity contribution >= 4 is 11.4 Å². The van der Waals surface area contributed by atoms with E-state index >= 15 is 0 Å². The van der Waals surface area contributed by atoms with Crippen molar-refractivity contribution in [1.29, 1.82) is 0 Å². The summed E-state index contributed by atoms with van der Waals surface area (Å²) in [5, 5.41) is 17.5. The van der Waals surface area contributed by atoms with Crippen molar-refractivity contribution in [2.75, 3.05) is 18.4 Å². The standard InChI is InChI=1S/C14H23N3O2/c1-10-8-12(13(17(18)19)9-11(10)2)15-6-7-16-14(3,4)5/h8-9,15-16H,6-7H2,1-5H3. The van der Waals surface area contributed by atoms with Gasteiger partial charge in [-0.15, -0.1) is 0 Å². The monoisotopic (exact) mass is 265 g/mol. The molecule has 19 heavy (non-hydrogen) atoms. The summed E-state index contributed by atoms with van der Waals surface area (Å²) in [7, 11) is 0. The van der Waals surface area contributed by atoms with Crippen molar-refractivity contribution in [3.05, 3.63) is 33.4 Å². The molecule has 0 amide bonds. The van der Waals surface area contributed by atoms with Crippen molar-refractivity contribution in [2.45, 2.75) is 40.2 Å². The van der Waals surface area contributed by atoms with Gasteiger partial charge in [-0.3, -0.25) is 10.1 Å². The van der Waals surface area contributed by atoms with Gasteiger partial charge >= 0.3 is 0 Å². The molecule has 0 saturated heterocycles. The highest BCUT2D eigenvalue weighted by Crippen LogP contribution is 2.27. The Kier molecular flexibility index (Phi) is 4.89. The fourth-order valence-corrected chi connectivity index (χ4v) is 1.73. The van der Waals surface area contributed by atoms with Crippen LogP contribution in [0.25, 0.3) is 0 Å². The highest BCUT2D eigenvalue weighted by molar-refractivity contribution is 5.64. The van der Waals surface area contributed by atoms with Crippen LogP contribution in [0.2, 0.25) is 0 Å². The maximum Gasteiger partial charge on any atom is 0.292 e. The summed E-state index contributed by atoms with van der Waals surface area (Å²) >= 11 is 0. The molecule has 0 aliphatic carbocycles. The van der Waals surface area contributed by atoms with E-state index in [0.717, 1.165) is 17.7 Å². The van der Waals surface area contributed by atoms with Gasteiger partial charge in [0.2, 0.25) is 0 Å². The number of hydrogen-bond acceptors (Lipinski definition) is 4. The molecule has 1 rings (SSSR count). The van der Waals surface area contributed by atoms with E-state index in [9.17, 15) is 10.1 Å². The smallest absolute Gasteiger partial charge is 0.292 e. The van der Waals surface area contributed by atoms with Gasteiger partial charge in [0.15, 0.2) is 0 Å². The quantitative estimate of drug-likeness (QED) is 0.488. The molecule has 0 atom stereocenters. The largest absolute Gasteiger partial charge is 0.378 e. The van der Waals surface area contributed by atoms with Crippen molar-refractivity contribution in [3.63, 3.8) is 0 Å². The number of anilines is 1. The Balaban J connectivity index is 2.72. The zero-order chi connectivity index (χ0) is 14.6. The summed E-state index contributed by atoms with van der Waals surface area (Å²) in [6.45, 7) is 11.5. The van der Waals surface area contributed by atoms with E-state index in [1.807, 2.05) is 19.9 Å². The Bertz CT molecular complexity index is 464. The molecule has 5 nitrogen and oxygen atoms in total. The Morgan fingerprint density at radius 1 is 1.16 bits per heavy atom. The third kappa shape index (κ3) is 4.87. The molecule has 5 heteroatoms. The zero-order valence-corrected chi connectivity index (χ0v) is 12.3. The molecule has 0 spiro atoms. The van der Waals surface area contributed by atoms with Crippen LogP contribution in [-0.2, 0) is 0 Å². The minimum atomic E-state index is -0.341. The lowest BCUT2D eigenvalue weighted by molar-refractivity contribution is -0.384. The Labute approximate surface area is 114 Å². The van der Waals surface area contributed by atoms with Crippen LogP contribution in [0.1, 0.15) is 31.9 Å². The minimum Gasteiger partial charge on any atom is -0.378 e. The lowest BCUT2D eigenvalue weighted by Gasteiger charge is -2.20.